The summed E-state index contributed by atoms with van der Waals surface area (Å²) >= 11 is 12.1. The molecule has 1 heterocycles. The lowest BCUT2D eigenvalue weighted by Crippen LogP contribution is -2.12. The van der Waals surface area contributed by atoms with E-state index in [1.807, 2.05) is 36.4 Å². The average Bonchev–Trinajstić information content (AvgIpc) is 3.08. The maximum absolute atomic E-state index is 6.16. The Bertz CT molecular complexity index is 791. The van der Waals surface area contributed by atoms with E-state index in [2.05, 4.69) is 11.4 Å². The molecule has 3 aromatic rings. The van der Waals surface area contributed by atoms with Crippen molar-refractivity contribution in [1.29, 1.82) is 0 Å². The Balaban J connectivity index is 0.00000225. The minimum Gasteiger partial charge on any atom is -0.489 e. The van der Waals surface area contributed by atoms with E-state index in [9.17, 15) is 0 Å². The molecule has 1 aromatic heterocycles. The molecular weight excluding hydrogens is 381 g/mol. The van der Waals surface area contributed by atoms with Gasteiger partial charge in [0.2, 0.25) is 0 Å². The Morgan fingerprint density at radius 3 is 2.60 bits per heavy atom. The first-order valence-electron chi connectivity index (χ1n) is 7.59. The van der Waals surface area contributed by atoms with Gasteiger partial charge in [0.25, 0.3) is 0 Å². The second-order valence-corrected chi connectivity index (χ2v) is 6.20. The van der Waals surface area contributed by atoms with Crippen LogP contribution in [0.2, 0.25) is 10.0 Å². The van der Waals surface area contributed by atoms with Gasteiger partial charge in [0.1, 0.15) is 18.1 Å². The number of ether oxygens (including phenoxy) is 1. The molecular formula is C19H18Cl3NO2. The first kappa shape index (κ1) is 19.7. The quantitative estimate of drug-likeness (QED) is 0.540. The van der Waals surface area contributed by atoms with Crippen LogP contribution in [-0.4, -0.2) is 0 Å². The van der Waals surface area contributed by atoms with Crippen molar-refractivity contribution in [2.24, 2.45) is 0 Å². The van der Waals surface area contributed by atoms with Crippen LogP contribution in [0, 0.1) is 0 Å². The average molecular weight is 399 g/mol. The zero-order valence-corrected chi connectivity index (χ0v) is 15.7. The second kappa shape index (κ2) is 9.73. The van der Waals surface area contributed by atoms with Gasteiger partial charge >= 0.3 is 0 Å². The van der Waals surface area contributed by atoms with Crippen LogP contribution in [0.3, 0.4) is 0 Å². The summed E-state index contributed by atoms with van der Waals surface area (Å²) in [4.78, 5) is 0. The normalized spacial score (nSPS) is 10.3. The number of hydrogen-bond acceptors (Lipinski definition) is 3. The molecule has 132 valence electrons. The third kappa shape index (κ3) is 5.98. The zero-order chi connectivity index (χ0) is 16.8. The molecule has 0 radical (unpaired) electrons. The molecule has 0 aliphatic carbocycles. The van der Waals surface area contributed by atoms with Crippen LogP contribution >= 0.6 is 35.6 Å². The van der Waals surface area contributed by atoms with E-state index in [-0.39, 0.29) is 12.4 Å². The van der Waals surface area contributed by atoms with Gasteiger partial charge in [0.15, 0.2) is 0 Å². The van der Waals surface area contributed by atoms with Gasteiger partial charge in [-0.2, -0.15) is 0 Å². The lowest BCUT2D eigenvalue weighted by Gasteiger charge is -2.10. The smallest absolute Gasteiger partial charge is 0.120 e. The largest absolute Gasteiger partial charge is 0.489 e. The minimum absolute atomic E-state index is 0. The van der Waals surface area contributed by atoms with Crippen LogP contribution in [0.15, 0.2) is 65.3 Å². The van der Waals surface area contributed by atoms with Crippen molar-refractivity contribution < 1.29 is 9.15 Å². The van der Waals surface area contributed by atoms with Crippen molar-refractivity contribution in [2.45, 2.75) is 19.7 Å². The van der Waals surface area contributed by atoms with Gasteiger partial charge in [-0.1, -0.05) is 41.4 Å². The number of furan rings is 1. The fourth-order valence-corrected chi connectivity index (χ4v) is 2.75. The molecule has 6 heteroatoms. The third-order valence-electron chi connectivity index (χ3n) is 3.52. The molecule has 3 rings (SSSR count). The standard InChI is InChI=1S/C19H17Cl2NO2.ClH/c20-16-7-6-15(19(21)10-16)13-24-17-4-1-3-14(9-17)11-22-12-18-5-2-8-23-18;/h1-10,22H,11-13H2;1H. The summed E-state index contributed by atoms with van der Waals surface area (Å²) in [5.74, 6) is 1.72. The van der Waals surface area contributed by atoms with Crippen LogP contribution in [0.25, 0.3) is 0 Å². The van der Waals surface area contributed by atoms with Gasteiger partial charge in [-0.3, -0.25) is 0 Å². The minimum atomic E-state index is 0. The lowest BCUT2D eigenvalue weighted by molar-refractivity contribution is 0.306. The number of rotatable bonds is 7. The maximum Gasteiger partial charge on any atom is 0.120 e. The molecule has 0 spiro atoms. The van der Waals surface area contributed by atoms with Gasteiger partial charge in [-0.25, -0.2) is 0 Å². The molecule has 0 saturated carbocycles. The molecule has 3 nitrogen and oxygen atoms in total. The maximum atomic E-state index is 6.16. The van der Waals surface area contributed by atoms with Crippen LogP contribution < -0.4 is 10.1 Å². The summed E-state index contributed by atoms with van der Waals surface area (Å²) in [7, 11) is 0. The summed E-state index contributed by atoms with van der Waals surface area (Å²) < 4.78 is 11.1. The number of halogens is 3. The molecule has 0 bridgehead atoms. The SMILES string of the molecule is Cl.Clc1ccc(COc2cccc(CNCc3ccco3)c2)c(Cl)c1. The van der Waals surface area contributed by atoms with E-state index in [0.29, 0.717) is 23.2 Å². The topological polar surface area (TPSA) is 34.4 Å². The van der Waals surface area contributed by atoms with Crippen molar-refractivity contribution in [3.8, 4) is 5.75 Å². The highest BCUT2D eigenvalue weighted by Crippen LogP contribution is 2.23. The summed E-state index contributed by atoms with van der Waals surface area (Å²) in [6.07, 6.45) is 1.67. The van der Waals surface area contributed by atoms with E-state index in [0.717, 1.165) is 29.2 Å². The number of nitrogens with one attached hydrogen (secondary N) is 1. The highest BCUT2D eigenvalue weighted by atomic mass is 35.5. The predicted octanol–water partition coefficient (Wildman–Crippen LogP) is 5.88. The number of hydrogen-bond donors (Lipinski definition) is 1. The van der Waals surface area contributed by atoms with Gasteiger partial charge in [-0.15, -0.1) is 12.4 Å². The first-order valence-corrected chi connectivity index (χ1v) is 8.35. The van der Waals surface area contributed by atoms with E-state index >= 15 is 0 Å². The van der Waals surface area contributed by atoms with Gasteiger partial charge < -0.3 is 14.5 Å². The lowest BCUT2D eigenvalue weighted by atomic mass is 10.2. The van der Waals surface area contributed by atoms with Crippen molar-refractivity contribution in [3.63, 3.8) is 0 Å². The van der Waals surface area contributed by atoms with Crippen molar-refractivity contribution >= 4 is 35.6 Å². The molecule has 0 unspecified atom stereocenters. The number of benzene rings is 2. The molecule has 0 aliphatic heterocycles. The predicted molar refractivity (Wildman–Crippen MR) is 104 cm³/mol. The van der Waals surface area contributed by atoms with Gasteiger partial charge in [0, 0.05) is 22.2 Å². The monoisotopic (exact) mass is 397 g/mol. The Kier molecular flexibility index (Phi) is 7.66. The summed E-state index contributed by atoms with van der Waals surface area (Å²) in [5, 5.41) is 4.56. The molecule has 0 aliphatic rings. The van der Waals surface area contributed by atoms with Gasteiger partial charge in [-0.05, 0) is 42.0 Å². The third-order valence-corrected chi connectivity index (χ3v) is 4.10. The Labute approximate surface area is 163 Å². The van der Waals surface area contributed by atoms with Crippen LogP contribution in [0.1, 0.15) is 16.9 Å². The van der Waals surface area contributed by atoms with E-state index in [1.165, 1.54) is 0 Å². The summed E-state index contributed by atoms with van der Waals surface area (Å²) in [5.41, 5.74) is 2.05. The highest BCUT2D eigenvalue weighted by Gasteiger charge is 2.03. The Morgan fingerprint density at radius 1 is 0.960 bits per heavy atom. The second-order valence-electron chi connectivity index (χ2n) is 5.35. The van der Waals surface area contributed by atoms with Crippen LogP contribution in [0.4, 0.5) is 0 Å². The first-order chi connectivity index (χ1) is 11.7. The van der Waals surface area contributed by atoms with E-state index < -0.39 is 0 Å². The van der Waals surface area contributed by atoms with Crippen LogP contribution in [0.5, 0.6) is 5.75 Å². The summed E-state index contributed by atoms with van der Waals surface area (Å²) in [6.45, 7) is 1.83. The van der Waals surface area contributed by atoms with Crippen molar-refractivity contribution in [2.75, 3.05) is 0 Å². The molecule has 0 amide bonds. The fraction of sp³-hybridized carbons (Fsp3) is 0.158. The van der Waals surface area contributed by atoms with E-state index in [4.69, 9.17) is 32.4 Å². The van der Waals surface area contributed by atoms with Crippen LogP contribution in [-0.2, 0) is 19.7 Å². The highest BCUT2D eigenvalue weighted by molar-refractivity contribution is 6.35. The molecule has 2 aromatic carbocycles. The zero-order valence-electron chi connectivity index (χ0n) is 13.4. The summed E-state index contributed by atoms with van der Waals surface area (Å²) in [6, 6.07) is 17.2. The Morgan fingerprint density at radius 2 is 1.84 bits per heavy atom. The van der Waals surface area contributed by atoms with E-state index in [1.54, 1.807) is 18.4 Å². The van der Waals surface area contributed by atoms with Crippen molar-refractivity contribution in [1.82, 2.24) is 5.32 Å². The molecule has 25 heavy (non-hydrogen) atoms. The van der Waals surface area contributed by atoms with Crippen molar-refractivity contribution in [3.05, 3.63) is 87.8 Å². The fourth-order valence-electron chi connectivity index (χ4n) is 2.29. The van der Waals surface area contributed by atoms with Gasteiger partial charge in [0.05, 0.1) is 12.8 Å². The Hall–Kier alpha value is -1.65. The molecule has 0 saturated heterocycles. The molecule has 1 N–H and O–H groups in total. The molecule has 0 atom stereocenters. The molecule has 0 fully saturated rings.